The van der Waals surface area contributed by atoms with Crippen molar-refractivity contribution in [2.24, 2.45) is 0 Å². The van der Waals surface area contributed by atoms with Gasteiger partial charge in [0.05, 0.1) is 0 Å². The van der Waals surface area contributed by atoms with Gasteiger partial charge in [0.25, 0.3) is 0 Å². The number of rotatable bonds is 4. The Bertz CT molecular complexity index is 79.3. The molecule has 2 heteroatoms. The van der Waals surface area contributed by atoms with Gasteiger partial charge in [0.15, 0.2) is 0 Å². The zero-order valence-corrected chi connectivity index (χ0v) is 7.95. The summed E-state index contributed by atoms with van der Waals surface area (Å²) in [6, 6.07) is 0. The van der Waals surface area contributed by atoms with Crippen molar-refractivity contribution < 1.29 is 0 Å². The molecule has 0 amide bonds. The molecular formula is C8H18ClN. The van der Waals surface area contributed by atoms with Gasteiger partial charge < -0.3 is 4.90 Å². The third-order valence-electron chi connectivity index (χ3n) is 1.15. The van der Waals surface area contributed by atoms with E-state index in [0.717, 1.165) is 13.0 Å². The van der Waals surface area contributed by atoms with Gasteiger partial charge in [-0.25, -0.2) is 0 Å². The Morgan fingerprint density at radius 3 is 2.20 bits per heavy atom. The van der Waals surface area contributed by atoms with Gasteiger partial charge in [0.2, 0.25) is 0 Å². The van der Waals surface area contributed by atoms with Crippen LogP contribution in [0.25, 0.3) is 0 Å². The average Bonchev–Trinajstić information content (AvgIpc) is 1.80. The lowest BCUT2D eigenvalue weighted by atomic mass is 10.3. The van der Waals surface area contributed by atoms with Gasteiger partial charge in [-0.2, -0.15) is 0 Å². The fraction of sp³-hybridized carbons (Fsp3) is 0.750. The molecule has 0 heterocycles. The van der Waals surface area contributed by atoms with Gasteiger partial charge in [-0.05, 0) is 26.9 Å². The highest BCUT2D eigenvalue weighted by Gasteiger charge is 1.83. The summed E-state index contributed by atoms with van der Waals surface area (Å²) in [6.07, 6.45) is 6.79. The standard InChI is InChI=1S/C8H17N.ClH/c1-4-5-6-7-8-9(2)3;/h5-6H,4,7-8H2,1-3H3;1H. The number of halogens is 1. The van der Waals surface area contributed by atoms with Gasteiger partial charge in [0, 0.05) is 6.54 Å². The van der Waals surface area contributed by atoms with Crippen LogP contribution in [0.3, 0.4) is 0 Å². The lowest BCUT2D eigenvalue weighted by molar-refractivity contribution is 0.417. The van der Waals surface area contributed by atoms with Crippen molar-refractivity contribution >= 4 is 12.4 Å². The summed E-state index contributed by atoms with van der Waals surface area (Å²) in [5.41, 5.74) is 0. The Morgan fingerprint density at radius 2 is 1.80 bits per heavy atom. The van der Waals surface area contributed by atoms with Gasteiger partial charge in [0.1, 0.15) is 0 Å². The molecule has 0 aromatic rings. The third-order valence-corrected chi connectivity index (χ3v) is 1.15. The van der Waals surface area contributed by atoms with E-state index in [9.17, 15) is 0 Å². The highest BCUT2D eigenvalue weighted by atomic mass is 35.5. The fourth-order valence-electron chi connectivity index (χ4n) is 0.617. The quantitative estimate of drug-likeness (QED) is 0.575. The van der Waals surface area contributed by atoms with Crippen molar-refractivity contribution in [3.05, 3.63) is 12.2 Å². The smallest absolute Gasteiger partial charge is 0.000980 e. The lowest BCUT2D eigenvalue weighted by Crippen LogP contribution is -2.11. The molecule has 62 valence electrons. The maximum atomic E-state index is 2.24. The minimum atomic E-state index is 0. The van der Waals surface area contributed by atoms with E-state index in [0.29, 0.717) is 0 Å². The van der Waals surface area contributed by atoms with Crippen molar-refractivity contribution in [1.29, 1.82) is 0 Å². The first-order chi connectivity index (χ1) is 4.27. The Morgan fingerprint density at radius 1 is 1.20 bits per heavy atom. The fourth-order valence-corrected chi connectivity index (χ4v) is 0.617. The molecule has 0 radical (unpaired) electrons. The first kappa shape index (κ1) is 12.6. The van der Waals surface area contributed by atoms with E-state index in [-0.39, 0.29) is 12.4 Å². The number of nitrogens with zero attached hydrogens (tertiary/aromatic N) is 1. The molecule has 0 aromatic heterocycles. The van der Waals surface area contributed by atoms with Crippen molar-refractivity contribution in [3.63, 3.8) is 0 Å². The van der Waals surface area contributed by atoms with Crippen molar-refractivity contribution in [3.8, 4) is 0 Å². The predicted molar refractivity (Wildman–Crippen MR) is 49.9 cm³/mol. The van der Waals surface area contributed by atoms with E-state index in [2.05, 4.69) is 38.1 Å². The Hall–Kier alpha value is -0.0100. The average molecular weight is 164 g/mol. The highest BCUT2D eigenvalue weighted by Crippen LogP contribution is 1.87. The summed E-state index contributed by atoms with van der Waals surface area (Å²) in [6.45, 7) is 3.32. The Balaban J connectivity index is 0. The zero-order valence-electron chi connectivity index (χ0n) is 7.13. The summed E-state index contributed by atoms with van der Waals surface area (Å²) >= 11 is 0. The van der Waals surface area contributed by atoms with Crippen LogP contribution in [0, 0.1) is 0 Å². The summed E-state index contributed by atoms with van der Waals surface area (Å²) in [5, 5.41) is 0. The molecule has 1 nitrogen and oxygen atoms in total. The Kier molecular flexibility index (Phi) is 11.4. The van der Waals surface area contributed by atoms with E-state index in [4.69, 9.17) is 0 Å². The molecule has 0 aliphatic heterocycles. The van der Waals surface area contributed by atoms with Crippen LogP contribution in [0.2, 0.25) is 0 Å². The molecule has 10 heavy (non-hydrogen) atoms. The molecule has 0 bridgehead atoms. The second-order valence-electron chi connectivity index (χ2n) is 2.47. The van der Waals surface area contributed by atoms with Crippen LogP contribution >= 0.6 is 12.4 Å². The summed E-state index contributed by atoms with van der Waals surface area (Å²) in [4.78, 5) is 2.19. The molecule has 0 fully saturated rings. The Labute approximate surface area is 70.5 Å². The van der Waals surface area contributed by atoms with Crippen LogP contribution in [-0.4, -0.2) is 25.5 Å². The van der Waals surface area contributed by atoms with E-state index in [1.807, 2.05) is 0 Å². The van der Waals surface area contributed by atoms with Gasteiger partial charge in [-0.15, -0.1) is 12.4 Å². The van der Waals surface area contributed by atoms with Crippen LogP contribution < -0.4 is 0 Å². The lowest BCUT2D eigenvalue weighted by Gasteiger charge is -2.05. The summed E-state index contributed by atoms with van der Waals surface area (Å²) < 4.78 is 0. The molecule has 0 rings (SSSR count). The molecule has 0 N–H and O–H groups in total. The maximum Gasteiger partial charge on any atom is 0.000980 e. The molecule has 0 spiro atoms. The first-order valence-corrected chi connectivity index (χ1v) is 3.57. The molecule has 0 saturated heterocycles. The van der Waals surface area contributed by atoms with Crippen LogP contribution in [0.1, 0.15) is 19.8 Å². The maximum absolute atomic E-state index is 2.24. The van der Waals surface area contributed by atoms with Gasteiger partial charge in [-0.3, -0.25) is 0 Å². The molecule has 0 aromatic carbocycles. The van der Waals surface area contributed by atoms with Crippen LogP contribution in [-0.2, 0) is 0 Å². The van der Waals surface area contributed by atoms with Crippen molar-refractivity contribution in [2.45, 2.75) is 19.8 Å². The van der Waals surface area contributed by atoms with Crippen LogP contribution in [0.15, 0.2) is 12.2 Å². The molecule has 0 atom stereocenters. The number of allylic oxidation sites excluding steroid dienone is 1. The van der Waals surface area contributed by atoms with E-state index in [1.54, 1.807) is 0 Å². The second kappa shape index (κ2) is 8.99. The van der Waals surface area contributed by atoms with Crippen LogP contribution in [0.5, 0.6) is 0 Å². The topological polar surface area (TPSA) is 3.24 Å². The second-order valence-corrected chi connectivity index (χ2v) is 2.47. The summed E-state index contributed by atoms with van der Waals surface area (Å²) in [7, 11) is 4.19. The van der Waals surface area contributed by atoms with Crippen LogP contribution in [0.4, 0.5) is 0 Å². The largest absolute Gasteiger partial charge is 0.309 e. The highest BCUT2D eigenvalue weighted by molar-refractivity contribution is 5.85. The van der Waals surface area contributed by atoms with E-state index < -0.39 is 0 Å². The minimum absolute atomic E-state index is 0. The molecule has 0 unspecified atom stereocenters. The molecule has 0 saturated carbocycles. The number of hydrogen-bond donors (Lipinski definition) is 0. The molecule has 0 aliphatic rings. The van der Waals surface area contributed by atoms with E-state index >= 15 is 0 Å². The molecule has 0 aliphatic carbocycles. The first-order valence-electron chi connectivity index (χ1n) is 3.57. The SMILES string of the molecule is CCC=CCCN(C)C.Cl. The zero-order chi connectivity index (χ0) is 7.11. The monoisotopic (exact) mass is 163 g/mol. The third kappa shape index (κ3) is 10.9. The van der Waals surface area contributed by atoms with Crippen molar-refractivity contribution in [2.75, 3.05) is 20.6 Å². The van der Waals surface area contributed by atoms with Gasteiger partial charge >= 0.3 is 0 Å². The normalized spacial score (nSPS) is 10.4. The minimum Gasteiger partial charge on any atom is -0.309 e. The number of hydrogen-bond acceptors (Lipinski definition) is 1. The predicted octanol–water partition coefficient (Wildman–Crippen LogP) is 2.33. The van der Waals surface area contributed by atoms with Gasteiger partial charge in [-0.1, -0.05) is 19.1 Å². The molecular weight excluding hydrogens is 146 g/mol. The van der Waals surface area contributed by atoms with Crippen molar-refractivity contribution in [1.82, 2.24) is 4.90 Å². The summed E-state index contributed by atoms with van der Waals surface area (Å²) in [5.74, 6) is 0. The van der Waals surface area contributed by atoms with E-state index in [1.165, 1.54) is 6.42 Å².